The van der Waals surface area contributed by atoms with Crippen molar-refractivity contribution in [2.45, 2.75) is 47.0 Å². The van der Waals surface area contributed by atoms with Crippen LogP contribution in [-0.4, -0.2) is 61.2 Å². The molecule has 0 radical (unpaired) electrons. The van der Waals surface area contributed by atoms with Crippen LogP contribution < -0.4 is 4.74 Å². The van der Waals surface area contributed by atoms with Crippen molar-refractivity contribution in [1.29, 1.82) is 0 Å². The fourth-order valence-corrected chi connectivity index (χ4v) is 14.9. The highest BCUT2D eigenvalue weighted by molar-refractivity contribution is 5.78. The van der Waals surface area contributed by atoms with Gasteiger partial charge in [-0.2, -0.15) is 0 Å². The Labute approximate surface area is 762 Å². The van der Waals surface area contributed by atoms with Gasteiger partial charge in [0.25, 0.3) is 0 Å². The Kier molecular flexibility index (Phi) is 24.1. The van der Waals surface area contributed by atoms with Gasteiger partial charge in [0.05, 0.1) is 0 Å². The summed E-state index contributed by atoms with van der Waals surface area (Å²) < 4.78 is 41.9. The molecule has 0 aliphatic heterocycles. The van der Waals surface area contributed by atoms with Crippen LogP contribution in [0.1, 0.15) is 49.9 Å². The van der Waals surface area contributed by atoms with Gasteiger partial charge in [0.1, 0.15) is 11.5 Å². The van der Waals surface area contributed by atoms with Crippen LogP contribution in [-0.2, 0) is 5.41 Å². The van der Waals surface area contributed by atoms with Crippen LogP contribution in [0.3, 0.4) is 0 Å². The van der Waals surface area contributed by atoms with Gasteiger partial charge in [0, 0.05) is 66.8 Å². The fraction of sp³-hybridized carbons (Fsp3) is 0.0619. The summed E-state index contributed by atoms with van der Waals surface area (Å²) in [7, 11) is 0. The minimum absolute atomic E-state index is 0.129. The van der Waals surface area contributed by atoms with E-state index in [4.69, 9.17) is 31.2 Å². The van der Waals surface area contributed by atoms with Gasteiger partial charge in [0.15, 0.2) is 0 Å². The first kappa shape index (κ1) is 83.9. The van der Waals surface area contributed by atoms with Crippen LogP contribution in [0.2, 0.25) is 0 Å². The fourth-order valence-electron chi connectivity index (χ4n) is 14.9. The third-order valence-electron chi connectivity index (χ3n) is 22.5. The molecule has 0 amide bonds. The number of hydrogen-bond donors (Lipinski definition) is 0. The molecule has 0 atom stereocenters. The number of benzene rings is 15. The molecule has 0 N–H and O–H groups in total. The van der Waals surface area contributed by atoms with Crippen LogP contribution >= 0.6 is 0 Å². The van der Waals surface area contributed by atoms with Crippen molar-refractivity contribution in [2.24, 2.45) is 0 Å². The average Bonchev–Trinajstić information content (AvgIpc) is 0.907. The Balaban J connectivity index is 0.000000128. The monoisotopic (exact) mass is 1720 g/mol. The van der Waals surface area contributed by atoms with Gasteiger partial charge in [-0.1, -0.05) is 257 Å². The minimum atomic E-state index is 0.129. The van der Waals surface area contributed by atoms with E-state index >= 15 is 0 Å². The van der Waals surface area contributed by atoms with Crippen LogP contribution in [0.5, 0.6) is 11.5 Å². The number of aryl methyl sites for hydroxylation is 2. The summed E-state index contributed by atoms with van der Waals surface area (Å²) in [4.78, 5) is 0. The second kappa shape index (κ2) is 37.9. The van der Waals surface area contributed by atoms with Gasteiger partial charge >= 0.3 is 0 Å². The molecular weight excluding hydrogens is 1640 g/mol. The zero-order valence-electron chi connectivity index (χ0n) is 72.9. The molecule has 0 fully saturated rings. The molecule has 0 saturated carbocycles. The topological polar surface area (TPSA) is 243 Å². The van der Waals surface area contributed by atoms with Gasteiger partial charge in [0.2, 0.25) is 70.7 Å². The van der Waals surface area contributed by atoms with E-state index in [0.717, 1.165) is 122 Å². The first-order chi connectivity index (χ1) is 64.7. The van der Waals surface area contributed by atoms with Gasteiger partial charge in [-0.3, -0.25) is 0 Å². The first-order valence-corrected chi connectivity index (χ1v) is 43.1. The highest BCUT2D eigenvalue weighted by Gasteiger charge is 2.21. The van der Waals surface area contributed by atoms with E-state index in [-0.39, 0.29) is 5.41 Å². The normalized spacial score (nSPS) is 11.3. The summed E-state index contributed by atoms with van der Waals surface area (Å²) in [5.74, 6) is 7.10. The lowest BCUT2D eigenvalue weighted by Gasteiger charge is -2.19. The SMILES string of the molecule is C=C/C(=C\C)c1ccc(-c2nnc(-c3ccc(-c4ccc(-c5nnc(-c6ccc(-c7ccc(C(C)(C)C)cc7)cc6)o5)cc4)cc3)o2)cc1.Cc1ccc(-c2nnc(-c3ccc(-c4ccc(-c5nnc(-c6ccc(-c7ccccc7)cc6)o5)cc4)cc3)o2)cc1.Cc1ccc(-c2nnc(-c3ccc(Oc4ccc(-c5nnc(-c6ccc(-c7ccccc7)cc6)o5)cc4)cc3)o2)cc1. The van der Waals surface area contributed by atoms with Crippen molar-refractivity contribution in [2.75, 3.05) is 0 Å². The summed E-state index contributed by atoms with van der Waals surface area (Å²) in [6.07, 6.45) is 3.87. The highest BCUT2D eigenvalue weighted by atomic mass is 16.5. The zero-order valence-corrected chi connectivity index (χ0v) is 72.9. The molecule has 19 heteroatoms. The molecule has 0 aliphatic rings. The minimum Gasteiger partial charge on any atom is -0.457 e. The molecule has 6 heterocycles. The third kappa shape index (κ3) is 19.4. The first-order valence-electron chi connectivity index (χ1n) is 43.1. The van der Waals surface area contributed by atoms with Crippen molar-refractivity contribution in [3.05, 3.63) is 417 Å². The number of aromatic nitrogens is 12. The van der Waals surface area contributed by atoms with Gasteiger partial charge in [-0.25, -0.2) is 0 Å². The maximum absolute atomic E-state index is 6.07. The molecule has 6 aromatic heterocycles. The Morgan fingerprint density at radius 2 is 0.386 bits per heavy atom. The highest BCUT2D eigenvalue weighted by Crippen LogP contribution is 2.38. The number of hydrogen-bond acceptors (Lipinski definition) is 19. The van der Waals surface area contributed by atoms with Gasteiger partial charge < -0.3 is 31.2 Å². The van der Waals surface area contributed by atoms with Crippen LogP contribution in [0.15, 0.2) is 421 Å². The maximum atomic E-state index is 6.07. The molecule has 0 aliphatic carbocycles. The predicted molar refractivity (Wildman–Crippen MR) is 517 cm³/mol. The molecular formula is C113H84N12O7. The predicted octanol–water partition coefficient (Wildman–Crippen LogP) is 29.0. The molecule has 0 bridgehead atoms. The van der Waals surface area contributed by atoms with Gasteiger partial charge in [-0.15, -0.1) is 61.2 Å². The van der Waals surface area contributed by atoms with Crippen LogP contribution in [0, 0.1) is 13.8 Å². The summed E-state index contributed by atoms with van der Waals surface area (Å²) in [5.41, 5.74) is 27.5. The summed E-state index contributed by atoms with van der Waals surface area (Å²) in [6, 6.07) is 125. The lowest BCUT2D eigenvalue weighted by atomic mass is 9.86. The molecule has 19 nitrogen and oxygen atoms in total. The van der Waals surface area contributed by atoms with Crippen molar-refractivity contribution in [1.82, 2.24) is 61.2 Å². The van der Waals surface area contributed by atoms with Gasteiger partial charge in [-0.05, 0) is 268 Å². The van der Waals surface area contributed by atoms with E-state index in [1.165, 1.54) is 27.8 Å². The lowest BCUT2D eigenvalue weighted by Crippen LogP contribution is -2.10. The third-order valence-corrected chi connectivity index (χ3v) is 22.5. The molecule has 21 rings (SSSR count). The Morgan fingerprint density at radius 1 is 0.220 bits per heavy atom. The number of nitrogens with zero attached hydrogens (tertiary/aromatic N) is 12. The molecule has 638 valence electrons. The smallest absolute Gasteiger partial charge is 0.248 e. The largest absolute Gasteiger partial charge is 0.457 e. The summed E-state index contributed by atoms with van der Waals surface area (Å²) in [6.45, 7) is 16.6. The van der Waals surface area contributed by atoms with E-state index in [1.54, 1.807) is 0 Å². The standard InChI is InChI=1S/C43H36N4O2.C35H24N4O3.C35H24N4O2/c1-6-28(7-2)29-8-16-34(17-9-29)39-44-45-40(48-39)35-18-10-30(11-19-35)31-12-20-36(21-13-31)41-46-47-42(49-41)37-22-14-32(15-23-37)33-24-26-38(27-25-33)43(3,4)5;1-23-7-9-26(10-8-23)32-36-38-34(41-32)28-15-19-30(20-16-28)40-31-21-17-29(18-22-31)35-39-37-33(42-35)27-13-11-25(12-14-27)24-5-3-2-4-6-24;1-23-7-9-28(10-8-23)32-36-37-33(40-32)30-19-13-26(14-20-30)27-15-21-31(22-16-27)35-39-38-34(41-35)29-17-11-25(12-18-29)24-5-3-2-4-6-24/h6-27H,1H2,2-5H3;2-22H,1H3;2-22H,1H3/b28-7+;;. The molecule has 21 aromatic rings. The molecule has 0 unspecified atom stereocenters. The Bertz CT molecular complexity index is 7500. The molecule has 0 saturated heterocycles. The van der Waals surface area contributed by atoms with E-state index in [2.05, 4.69) is 173 Å². The van der Waals surface area contributed by atoms with E-state index in [0.29, 0.717) is 82.2 Å². The second-order valence-corrected chi connectivity index (χ2v) is 32.5. The number of ether oxygens (including phenoxy) is 1. The Hall–Kier alpha value is -17.6. The van der Waals surface area contributed by atoms with Crippen molar-refractivity contribution in [3.8, 4) is 205 Å². The van der Waals surface area contributed by atoms with Crippen molar-refractivity contribution in [3.63, 3.8) is 0 Å². The summed E-state index contributed by atoms with van der Waals surface area (Å²) >= 11 is 0. The molecule has 132 heavy (non-hydrogen) atoms. The molecule has 0 spiro atoms. The number of rotatable bonds is 21. The average molecular weight is 1720 g/mol. The molecule has 15 aromatic carbocycles. The van der Waals surface area contributed by atoms with E-state index < -0.39 is 0 Å². The van der Waals surface area contributed by atoms with E-state index in [9.17, 15) is 0 Å². The second-order valence-electron chi connectivity index (χ2n) is 32.5. The van der Waals surface area contributed by atoms with Crippen LogP contribution in [0.4, 0.5) is 0 Å². The quantitative estimate of drug-likeness (QED) is 0.0607. The number of allylic oxidation sites excluding steroid dienone is 3. The lowest BCUT2D eigenvalue weighted by molar-refractivity contribution is 0.482. The van der Waals surface area contributed by atoms with Crippen molar-refractivity contribution >= 4 is 5.57 Å². The van der Waals surface area contributed by atoms with Crippen LogP contribution in [0.25, 0.3) is 199 Å². The van der Waals surface area contributed by atoms with E-state index in [1.807, 2.05) is 324 Å². The maximum Gasteiger partial charge on any atom is 0.248 e. The Morgan fingerprint density at radius 3 is 0.576 bits per heavy atom. The van der Waals surface area contributed by atoms with Crippen molar-refractivity contribution < 1.29 is 31.2 Å². The summed E-state index contributed by atoms with van der Waals surface area (Å²) in [5, 5.41) is 51.1. The zero-order chi connectivity index (χ0) is 89.9.